The molecular formula is C12H13IN4O3. The van der Waals surface area contributed by atoms with E-state index < -0.39 is 12.1 Å². The number of halogens is 1. The molecule has 1 aromatic heterocycles. The van der Waals surface area contributed by atoms with Crippen LogP contribution in [0.5, 0.6) is 0 Å². The van der Waals surface area contributed by atoms with E-state index in [0.717, 1.165) is 9.13 Å². The molecule has 0 amide bonds. The van der Waals surface area contributed by atoms with Crippen LogP contribution in [-0.2, 0) is 16.1 Å². The van der Waals surface area contributed by atoms with Gasteiger partial charge in [0, 0.05) is 16.2 Å². The molecule has 0 saturated carbocycles. The number of rotatable bonds is 6. The van der Waals surface area contributed by atoms with Crippen LogP contribution in [0.2, 0.25) is 0 Å². The molecule has 0 radical (unpaired) electrons. The summed E-state index contributed by atoms with van der Waals surface area (Å²) in [7, 11) is 1.47. The fourth-order valence-electron chi connectivity index (χ4n) is 1.74. The number of nitrogens with zero attached hydrogens (tertiary/aromatic N) is 4. The molecular weight excluding hydrogens is 375 g/mol. The predicted molar refractivity (Wildman–Crippen MR) is 79.0 cm³/mol. The van der Waals surface area contributed by atoms with Gasteiger partial charge in [-0.3, -0.25) is 4.79 Å². The number of carboxylic acid groups (broad SMARTS) is 1. The van der Waals surface area contributed by atoms with Gasteiger partial charge in [-0.25, -0.2) is 4.68 Å². The highest BCUT2D eigenvalue weighted by atomic mass is 127. The van der Waals surface area contributed by atoms with Crippen molar-refractivity contribution in [2.75, 3.05) is 7.11 Å². The Morgan fingerprint density at radius 3 is 2.75 bits per heavy atom. The van der Waals surface area contributed by atoms with E-state index in [1.165, 1.54) is 7.11 Å². The standard InChI is InChI=1S/C12H13IN4O3/c1-20-10(6-11(18)19)7-17-12(14-15-16-17)8-2-4-9(13)5-3-8/h2-5,10H,6-7H2,1H3,(H,18,19). The lowest BCUT2D eigenvalue weighted by Crippen LogP contribution is -2.23. The number of tetrazole rings is 1. The summed E-state index contributed by atoms with van der Waals surface area (Å²) in [5.41, 5.74) is 0.876. The summed E-state index contributed by atoms with van der Waals surface area (Å²) in [6.45, 7) is 0.289. The van der Waals surface area contributed by atoms with Crippen LogP contribution < -0.4 is 0 Å². The van der Waals surface area contributed by atoms with Gasteiger partial charge in [0.25, 0.3) is 0 Å². The van der Waals surface area contributed by atoms with E-state index in [9.17, 15) is 4.79 Å². The van der Waals surface area contributed by atoms with Crippen molar-refractivity contribution in [3.63, 3.8) is 0 Å². The van der Waals surface area contributed by atoms with E-state index in [2.05, 4.69) is 38.1 Å². The molecule has 1 atom stereocenters. The quantitative estimate of drug-likeness (QED) is 0.754. The Kier molecular flexibility index (Phi) is 5.01. The molecule has 0 bridgehead atoms. The van der Waals surface area contributed by atoms with Crippen molar-refractivity contribution in [2.45, 2.75) is 19.1 Å². The highest BCUT2D eigenvalue weighted by molar-refractivity contribution is 14.1. The second-order valence-corrected chi connectivity index (χ2v) is 5.39. The second kappa shape index (κ2) is 6.75. The largest absolute Gasteiger partial charge is 0.481 e. The maximum absolute atomic E-state index is 10.7. The number of carbonyl (C=O) groups is 1. The first-order valence-corrected chi connectivity index (χ1v) is 6.94. The Bertz CT molecular complexity index is 585. The molecule has 1 unspecified atom stereocenters. The number of carboxylic acids is 1. The molecule has 2 aromatic rings. The van der Waals surface area contributed by atoms with E-state index in [1.807, 2.05) is 24.3 Å². The lowest BCUT2D eigenvalue weighted by atomic mass is 10.2. The lowest BCUT2D eigenvalue weighted by molar-refractivity contribution is -0.139. The summed E-state index contributed by atoms with van der Waals surface area (Å²) in [6, 6.07) is 7.76. The smallest absolute Gasteiger partial charge is 0.306 e. The van der Waals surface area contributed by atoms with Crippen LogP contribution >= 0.6 is 22.6 Å². The van der Waals surface area contributed by atoms with Gasteiger partial charge >= 0.3 is 5.97 Å². The fourth-order valence-corrected chi connectivity index (χ4v) is 2.10. The van der Waals surface area contributed by atoms with Crippen LogP contribution in [-0.4, -0.2) is 44.5 Å². The minimum absolute atomic E-state index is 0.0948. The van der Waals surface area contributed by atoms with Gasteiger partial charge in [-0.2, -0.15) is 0 Å². The van der Waals surface area contributed by atoms with Crippen molar-refractivity contribution in [1.29, 1.82) is 0 Å². The van der Waals surface area contributed by atoms with E-state index in [-0.39, 0.29) is 13.0 Å². The summed E-state index contributed by atoms with van der Waals surface area (Å²) >= 11 is 2.22. The third-order valence-electron chi connectivity index (χ3n) is 2.75. The normalized spacial score (nSPS) is 12.3. The summed E-state index contributed by atoms with van der Waals surface area (Å²) < 4.78 is 7.82. The predicted octanol–water partition coefficient (Wildman–Crippen LogP) is 1.43. The number of hydrogen-bond acceptors (Lipinski definition) is 5. The van der Waals surface area contributed by atoms with Gasteiger partial charge in [0.05, 0.1) is 19.1 Å². The zero-order valence-electron chi connectivity index (χ0n) is 10.7. The monoisotopic (exact) mass is 388 g/mol. The first-order chi connectivity index (χ1) is 9.60. The van der Waals surface area contributed by atoms with E-state index in [1.54, 1.807) is 4.68 Å². The molecule has 106 valence electrons. The van der Waals surface area contributed by atoms with Crippen LogP contribution in [0.4, 0.5) is 0 Å². The van der Waals surface area contributed by atoms with Crippen LogP contribution in [0, 0.1) is 3.57 Å². The Hall–Kier alpha value is -1.55. The fraction of sp³-hybridized carbons (Fsp3) is 0.333. The number of hydrogen-bond donors (Lipinski definition) is 1. The number of benzene rings is 1. The first kappa shape index (κ1) is 14.9. The van der Waals surface area contributed by atoms with Crippen LogP contribution in [0.3, 0.4) is 0 Å². The van der Waals surface area contributed by atoms with Gasteiger partial charge in [-0.15, -0.1) is 5.10 Å². The Balaban J connectivity index is 2.19. The summed E-state index contributed by atoms with van der Waals surface area (Å²) in [6.07, 6.45) is -0.568. The molecule has 1 aromatic carbocycles. The molecule has 0 aliphatic rings. The molecule has 0 aliphatic carbocycles. The van der Waals surface area contributed by atoms with Gasteiger partial charge < -0.3 is 9.84 Å². The Labute approximate surface area is 129 Å². The van der Waals surface area contributed by atoms with Crippen molar-refractivity contribution in [3.8, 4) is 11.4 Å². The lowest BCUT2D eigenvalue weighted by Gasteiger charge is -2.13. The SMILES string of the molecule is COC(CC(=O)O)Cn1nnnc1-c1ccc(I)cc1. The molecule has 1 N–H and O–H groups in total. The van der Waals surface area contributed by atoms with Crippen LogP contribution in [0.15, 0.2) is 24.3 Å². The number of methoxy groups -OCH3 is 1. The van der Waals surface area contributed by atoms with Crippen molar-refractivity contribution < 1.29 is 14.6 Å². The molecule has 0 saturated heterocycles. The average molecular weight is 388 g/mol. The average Bonchev–Trinajstić information content (AvgIpc) is 2.86. The van der Waals surface area contributed by atoms with Crippen molar-refractivity contribution in [2.24, 2.45) is 0 Å². The van der Waals surface area contributed by atoms with Gasteiger partial charge in [0.1, 0.15) is 0 Å². The van der Waals surface area contributed by atoms with Crippen LogP contribution in [0.25, 0.3) is 11.4 Å². The van der Waals surface area contributed by atoms with Gasteiger partial charge in [0.2, 0.25) is 0 Å². The van der Waals surface area contributed by atoms with Gasteiger partial charge in [0.15, 0.2) is 5.82 Å². The molecule has 1 heterocycles. The van der Waals surface area contributed by atoms with Gasteiger partial charge in [-0.1, -0.05) is 12.1 Å². The highest BCUT2D eigenvalue weighted by Gasteiger charge is 2.17. The Morgan fingerprint density at radius 2 is 2.15 bits per heavy atom. The summed E-state index contributed by atoms with van der Waals surface area (Å²) in [5, 5.41) is 20.3. The van der Waals surface area contributed by atoms with Crippen molar-refractivity contribution in [3.05, 3.63) is 27.8 Å². The van der Waals surface area contributed by atoms with Crippen molar-refractivity contribution >= 4 is 28.6 Å². The highest BCUT2D eigenvalue weighted by Crippen LogP contribution is 2.18. The maximum atomic E-state index is 10.7. The zero-order valence-corrected chi connectivity index (χ0v) is 12.9. The number of aliphatic carboxylic acids is 1. The first-order valence-electron chi connectivity index (χ1n) is 5.87. The summed E-state index contributed by atoms with van der Waals surface area (Å²) in [5.74, 6) is -0.324. The van der Waals surface area contributed by atoms with Crippen molar-refractivity contribution in [1.82, 2.24) is 20.2 Å². The maximum Gasteiger partial charge on any atom is 0.306 e. The molecule has 0 spiro atoms. The third-order valence-corrected chi connectivity index (χ3v) is 3.47. The van der Waals surface area contributed by atoms with E-state index >= 15 is 0 Å². The van der Waals surface area contributed by atoms with Crippen LogP contribution in [0.1, 0.15) is 6.42 Å². The molecule has 0 aliphatic heterocycles. The topological polar surface area (TPSA) is 90.1 Å². The second-order valence-electron chi connectivity index (χ2n) is 4.15. The minimum atomic E-state index is -0.916. The zero-order chi connectivity index (χ0) is 14.5. The molecule has 7 nitrogen and oxygen atoms in total. The number of aromatic nitrogens is 4. The molecule has 8 heteroatoms. The molecule has 0 fully saturated rings. The molecule has 2 rings (SSSR count). The third kappa shape index (κ3) is 3.73. The number of ether oxygens (including phenoxy) is 1. The molecule has 20 heavy (non-hydrogen) atoms. The minimum Gasteiger partial charge on any atom is -0.481 e. The van der Waals surface area contributed by atoms with E-state index in [4.69, 9.17) is 9.84 Å². The summed E-state index contributed by atoms with van der Waals surface area (Å²) in [4.78, 5) is 10.7. The van der Waals surface area contributed by atoms with E-state index in [0.29, 0.717) is 5.82 Å². The Morgan fingerprint density at radius 1 is 1.45 bits per heavy atom. The van der Waals surface area contributed by atoms with Gasteiger partial charge in [-0.05, 0) is 45.2 Å².